The first kappa shape index (κ1) is 28.6. The van der Waals surface area contributed by atoms with Gasteiger partial charge in [-0.2, -0.15) is 5.26 Å². The highest BCUT2D eigenvalue weighted by Gasteiger charge is 2.40. The van der Waals surface area contributed by atoms with E-state index >= 15 is 0 Å². The lowest BCUT2D eigenvalue weighted by atomic mass is 9.76. The monoisotopic (exact) mass is 505 g/mol. The molecular weight excluding hydrogens is 462 g/mol. The number of hydrogen-bond acceptors (Lipinski definition) is 6. The SMILES string of the molecule is CCCCCCCCc1cnc(-c2ccc(C3CCC(C#N)(OC(=O)OCCCCC)CC3)cc2)nc1. The summed E-state index contributed by atoms with van der Waals surface area (Å²) in [6, 6.07) is 10.7. The summed E-state index contributed by atoms with van der Waals surface area (Å²) in [4.78, 5) is 21.3. The number of ether oxygens (including phenoxy) is 2. The van der Waals surface area contributed by atoms with Crippen molar-refractivity contribution in [1.82, 2.24) is 9.97 Å². The lowest BCUT2D eigenvalue weighted by Gasteiger charge is -2.34. The van der Waals surface area contributed by atoms with Gasteiger partial charge < -0.3 is 9.47 Å². The number of benzene rings is 1. The molecule has 0 unspecified atom stereocenters. The number of unbranched alkanes of at least 4 members (excludes halogenated alkanes) is 7. The molecule has 0 saturated heterocycles. The zero-order chi connectivity index (χ0) is 26.3. The maximum Gasteiger partial charge on any atom is 0.509 e. The molecule has 1 aliphatic carbocycles. The molecule has 2 aromatic rings. The lowest BCUT2D eigenvalue weighted by Crippen LogP contribution is -2.37. The predicted octanol–water partition coefficient (Wildman–Crippen LogP) is 8.31. The summed E-state index contributed by atoms with van der Waals surface area (Å²) in [6.07, 6.45) is 17.5. The van der Waals surface area contributed by atoms with Crippen molar-refractivity contribution in [2.24, 2.45) is 0 Å². The van der Waals surface area contributed by atoms with Crippen LogP contribution in [0, 0.1) is 11.3 Å². The van der Waals surface area contributed by atoms with Gasteiger partial charge in [-0.15, -0.1) is 0 Å². The number of aryl methyl sites for hydroxylation is 1. The van der Waals surface area contributed by atoms with E-state index < -0.39 is 11.8 Å². The van der Waals surface area contributed by atoms with Gasteiger partial charge in [-0.25, -0.2) is 14.8 Å². The van der Waals surface area contributed by atoms with E-state index in [0.29, 0.717) is 25.4 Å². The second kappa shape index (κ2) is 15.3. The molecule has 6 heteroatoms. The minimum Gasteiger partial charge on any atom is -0.434 e. The molecule has 1 saturated carbocycles. The third-order valence-corrected chi connectivity index (χ3v) is 7.41. The minimum absolute atomic E-state index is 0.334. The number of nitrogens with zero attached hydrogens (tertiary/aromatic N) is 3. The van der Waals surface area contributed by atoms with Gasteiger partial charge in [0, 0.05) is 30.8 Å². The van der Waals surface area contributed by atoms with E-state index in [0.717, 1.165) is 49.9 Å². The Kier molecular flexibility index (Phi) is 11.9. The molecular formula is C31H43N3O3. The molecule has 0 atom stereocenters. The molecule has 200 valence electrons. The third-order valence-electron chi connectivity index (χ3n) is 7.41. The third kappa shape index (κ3) is 9.14. The number of rotatable bonds is 14. The van der Waals surface area contributed by atoms with Gasteiger partial charge in [-0.3, -0.25) is 0 Å². The maximum absolute atomic E-state index is 12.1. The largest absolute Gasteiger partial charge is 0.509 e. The van der Waals surface area contributed by atoms with Gasteiger partial charge in [0.15, 0.2) is 5.82 Å². The van der Waals surface area contributed by atoms with Gasteiger partial charge in [0.2, 0.25) is 5.60 Å². The normalized spacial score (nSPS) is 19.2. The van der Waals surface area contributed by atoms with Crippen LogP contribution in [0.2, 0.25) is 0 Å². The summed E-state index contributed by atoms with van der Waals surface area (Å²) in [6.45, 7) is 4.68. The Balaban J connectivity index is 1.46. The van der Waals surface area contributed by atoms with Crippen molar-refractivity contribution < 1.29 is 14.3 Å². The van der Waals surface area contributed by atoms with E-state index in [1.807, 2.05) is 12.4 Å². The van der Waals surface area contributed by atoms with Crippen LogP contribution in [0.15, 0.2) is 36.7 Å². The number of carbonyl (C=O) groups excluding carboxylic acids is 1. The summed E-state index contributed by atoms with van der Waals surface area (Å²) < 4.78 is 10.6. The summed E-state index contributed by atoms with van der Waals surface area (Å²) in [7, 11) is 0. The molecule has 1 heterocycles. The molecule has 6 nitrogen and oxygen atoms in total. The summed E-state index contributed by atoms with van der Waals surface area (Å²) in [5, 5.41) is 9.73. The first-order valence-electron chi connectivity index (χ1n) is 14.3. The Labute approximate surface area is 222 Å². The van der Waals surface area contributed by atoms with Crippen LogP contribution in [0.3, 0.4) is 0 Å². The van der Waals surface area contributed by atoms with Crippen molar-refractivity contribution in [3.05, 3.63) is 47.8 Å². The quantitative estimate of drug-likeness (QED) is 0.189. The first-order chi connectivity index (χ1) is 18.1. The van der Waals surface area contributed by atoms with Crippen LogP contribution >= 0.6 is 0 Å². The van der Waals surface area contributed by atoms with Crippen LogP contribution in [-0.4, -0.2) is 28.3 Å². The molecule has 0 bridgehead atoms. The van der Waals surface area contributed by atoms with E-state index in [1.165, 1.54) is 49.7 Å². The van der Waals surface area contributed by atoms with Crippen molar-refractivity contribution in [1.29, 1.82) is 5.26 Å². The molecule has 1 aromatic heterocycles. The Morgan fingerprint density at radius 2 is 1.57 bits per heavy atom. The summed E-state index contributed by atoms with van der Waals surface area (Å²) in [5.41, 5.74) is 2.36. The van der Waals surface area contributed by atoms with E-state index in [4.69, 9.17) is 9.47 Å². The Bertz CT molecular complexity index is 974. The summed E-state index contributed by atoms with van der Waals surface area (Å²) in [5.74, 6) is 1.08. The molecule has 1 aromatic carbocycles. The number of hydrogen-bond donors (Lipinski definition) is 0. The molecule has 0 aliphatic heterocycles. The highest BCUT2D eigenvalue weighted by molar-refractivity contribution is 5.61. The van der Waals surface area contributed by atoms with Crippen LogP contribution < -0.4 is 0 Å². The fourth-order valence-electron chi connectivity index (χ4n) is 5.00. The van der Waals surface area contributed by atoms with Crippen molar-refractivity contribution in [2.45, 2.75) is 115 Å². The van der Waals surface area contributed by atoms with Crippen LogP contribution in [0.25, 0.3) is 11.4 Å². The van der Waals surface area contributed by atoms with Crippen molar-refractivity contribution >= 4 is 6.16 Å². The van der Waals surface area contributed by atoms with Gasteiger partial charge in [0.05, 0.1) is 6.61 Å². The van der Waals surface area contributed by atoms with E-state index in [9.17, 15) is 10.1 Å². The van der Waals surface area contributed by atoms with Crippen molar-refractivity contribution in [3.63, 3.8) is 0 Å². The second-order valence-corrected chi connectivity index (χ2v) is 10.3. The molecule has 1 aliphatic rings. The van der Waals surface area contributed by atoms with Crippen LogP contribution in [0.1, 0.15) is 114 Å². The Morgan fingerprint density at radius 3 is 2.22 bits per heavy atom. The van der Waals surface area contributed by atoms with Gasteiger partial charge in [0.1, 0.15) is 6.07 Å². The van der Waals surface area contributed by atoms with Gasteiger partial charge in [-0.05, 0) is 49.1 Å². The zero-order valence-electron chi connectivity index (χ0n) is 22.7. The highest BCUT2D eigenvalue weighted by Crippen LogP contribution is 2.40. The number of aromatic nitrogens is 2. The highest BCUT2D eigenvalue weighted by atomic mass is 16.7. The van der Waals surface area contributed by atoms with Gasteiger partial charge in [0.25, 0.3) is 0 Å². The maximum atomic E-state index is 12.1. The van der Waals surface area contributed by atoms with E-state index in [1.54, 1.807) is 0 Å². The second-order valence-electron chi connectivity index (χ2n) is 10.3. The molecule has 1 fully saturated rings. The average molecular weight is 506 g/mol. The molecule has 0 radical (unpaired) electrons. The first-order valence-corrected chi connectivity index (χ1v) is 14.3. The van der Waals surface area contributed by atoms with E-state index in [-0.39, 0.29) is 0 Å². The molecule has 0 amide bonds. The fourth-order valence-corrected chi connectivity index (χ4v) is 5.00. The molecule has 37 heavy (non-hydrogen) atoms. The Morgan fingerprint density at radius 1 is 0.946 bits per heavy atom. The smallest absolute Gasteiger partial charge is 0.434 e. The van der Waals surface area contributed by atoms with E-state index in [2.05, 4.69) is 54.2 Å². The molecule has 0 N–H and O–H groups in total. The lowest BCUT2D eigenvalue weighted by molar-refractivity contribution is -0.0261. The predicted molar refractivity (Wildman–Crippen MR) is 146 cm³/mol. The van der Waals surface area contributed by atoms with Crippen molar-refractivity contribution in [3.8, 4) is 17.5 Å². The Hall–Kier alpha value is -2.94. The van der Waals surface area contributed by atoms with Gasteiger partial charge in [-0.1, -0.05) is 83.1 Å². The summed E-state index contributed by atoms with van der Waals surface area (Å²) >= 11 is 0. The van der Waals surface area contributed by atoms with Crippen molar-refractivity contribution in [2.75, 3.05) is 6.61 Å². The van der Waals surface area contributed by atoms with Crippen LogP contribution in [-0.2, 0) is 15.9 Å². The fraction of sp³-hybridized carbons (Fsp3) is 0.613. The van der Waals surface area contributed by atoms with Crippen LogP contribution in [0.4, 0.5) is 4.79 Å². The topological polar surface area (TPSA) is 85.1 Å². The zero-order valence-corrected chi connectivity index (χ0v) is 22.7. The van der Waals surface area contributed by atoms with Gasteiger partial charge >= 0.3 is 6.16 Å². The molecule has 0 spiro atoms. The minimum atomic E-state index is -1.08. The standard InChI is InChI=1S/C31H43N3O3/c1-3-5-7-8-9-10-12-25-22-33-29(34-23-25)28-15-13-26(14-16-28)27-17-19-31(24-32,20-18-27)37-30(35)36-21-11-6-4-2/h13-16,22-23,27H,3-12,17-21H2,1-2H3. The number of nitriles is 1. The average Bonchev–Trinajstić information content (AvgIpc) is 2.94. The molecule has 3 rings (SSSR count). The number of carbonyl (C=O) groups is 1. The van der Waals surface area contributed by atoms with Crippen LogP contribution in [0.5, 0.6) is 0 Å².